The lowest BCUT2D eigenvalue weighted by atomic mass is 9.88. The van der Waals surface area contributed by atoms with Gasteiger partial charge in [-0.3, -0.25) is 4.79 Å². The molecule has 0 atom stereocenters. The lowest BCUT2D eigenvalue weighted by Crippen LogP contribution is -2.45. The molecular formula is C8H15ClN2O3. The van der Waals surface area contributed by atoms with E-state index in [9.17, 15) is 9.59 Å². The average Bonchev–Trinajstić information content (AvgIpc) is 2.17. The first-order valence-electron chi connectivity index (χ1n) is 4.44. The Morgan fingerprint density at radius 3 is 2.14 bits per heavy atom. The highest BCUT2D eigenvalue weighted by molar-refractivity contribution is 5.91. The van der Waals surface area contributed by atoms with Crippen molar-refractivity contribution >= 4 is 24.4 Å². The smallest absolute Gasteiger partial charge is 0.428 e. The summed E-state index contributed by atoms with van der Waals surface area (Å²) in [5.74, 6) is 4.42. The fraction of sp³-hybridized carbons (Fsp3) is 0.750. The van der Waals surface area contributed by atoms with Gasteiger partial charge in [-0.25, -0.2) is 10.6 Å². The third-order valence-corrected chi connectivity index (χ3v) is 2.40. The number of nitrogens with two attached hydrogens (primary N) is 1. The van der Waals surface area contributed by atoms with Crippen LogP contribution in [0.4, 0.5) is 4.79 Å². The Morgan fingerprint density at radius 1 is 1.21 bits per heavy atom. The fourth-order valence-electron chi connectivity index (χ4n) is 1.64. The summed E-state index contributed by atoms with van der Waals surface area (Å²) in [6.45, 7) is 0. The highest BCUT2D eigenvalue weighted by atomic mass is 35.5. The standard InChI is InChI=1S/C8H14N2O3.ClH/c9-10(8(12)13)7(11)6-4-2-1-3-5-6;/h6H,1-5,9H2,(H,12,13);1H. The molecule has 0 aromatic carbocycles. The van der Waals surface area contributed by atoms with E-state index in [0.29, 0.717) is 5.01 Å². The number of hydrogen-bond donors (Lipinski definition) is 2. The normalized spacial score (nSPS) is 16.9. The van der Waals surface area contributed by atoms with Gasteiger partial charge in [0.05, 0.1) is 0 Å². The van der Waals surface area contributed by atoms with Gasteiger partial charge in [0.25, 0.3) is 0 Å². The van der Waals surface area contributed by atoms with Gasteiger partial charge in [0.15, 0.2) is 0 Å². The van der Waals surface area contributed by atoms with E-state index in [4.69, 9.17) is 10.9 Å². The second kappa shape index (κ2) is 5.82. The summed E-state index contributed by atoms with van der Waals surface area (Å²) in [5.41, 5.74) is 0. The van der Waals surface area contributed by atoms with E-state index in [0.717, 1.165) is 32.1 Å². The van der Waals surface area contributed by atoms with Crippen LogP contribution in [0.2, 0.25) is 0 Å². The molecular weight excluding hydrogens is 208 g/mol. The molecule has 14 heavy (non-hydrogen) atoms. The average molecular weight is 223 g/mol. The summed E-state index contributed by atoms with van der Waals surface area (Å²) in [6, 6.07) is 0. The molecule has 82 valence electrons. The molecule has 0 heterocycles. The number of carbonyl (C=O) groups excluding carboxylic acids is 1. The van der Waals surface area contributed by atoms with Gasteiger partial charge in [-0.15, -0.1) is 12.4 Å². The zero-order valence-electron chi connectivity index (χ0n) is 7.81. The molecule has 0 aromatic heterocycles. The number of carbonyl (C=O) groups is 2. The van der Waals surface area contributed by atoms with Gasteiger partial charge in [0.1, 0.15) is 0 Å². The maximum absolute atomic E-state index is 11.4. The molecule has 1 fully saturated rings. The summed E-state index contributed by atoms with van der Waals surface area (Å²) in [5, 5.41) is 8.76. The first-order valence-corrected chi connectivity index (χ1v) is 4.44. The molecule has 0 radical (unpaired) electrons. The Balaban J connectivity index is 0.00000169. The van der Waals surface area contributed by atoms with Gasteiger partial charge < -0.3 is 5.11 Å². The van der Waals surface area contributed by atoms with Gasteiger partial charge in [0.2, 0.25) is 5.91 Å². The Hall–Kier alpha value is -0.810. The van der Waals surface area contributed by atoms with Gasteiger partial charge in [0, 0.05) is 5.92 Å². The van der Waals surface area contributed by atoms with Crippen molar-refractivity contribution in [3.05, 3.63) is 0 Å². The maximum atomic E-state index is 11.4. The summed E-state index contributed by atoms with van der Waals surface area (Å²) in [7, 11) is 0. The summed E-state index contributed by atoms with van der Waals surface area (Å²) in [4.78, 5) is 21.7. The third kappa shape index (κ3) is 3.16. The van der Waals surface area contributed by atoms with Crippen LogP contribution in [0.3, 0.4) is 0 Å². The van der Waals surface area contributed by atoms with Crippen molar-refractivity contribution < 1.29 is 14.7 Å². The van der Waals surface area contributed by atoms with Crippen LogP contribution in [0, 0.1) is 5.92 Å². The Labute approximate surface area is 88.6 Å². The van der Waals surface area contributed by atoms with Crippen LogP contribution < -0.4 is 5.84 Å². The number of hydrogen-bond acceptors (Lipinski definition) is 3. The van der Waals surface area contributed by atoms with E-state index in [1.807, 2.05) is 0 Å². The minimum Gasteiger partial charge on any atom is -0.464 e. The van der Waals surface area contributed by atoms with E-state index >= 15 is 0 Å². The fourth-order valence-corrected chi connectivity index (χ4v) is 1.64. The predicted molar refractivity (Wildman–Crippen MR) is 52.9 cm³/mol. The lowest BCUT2D eigenvalue weighted by Gasteiger charge is -2.22. The summed E-state index contributed by atoms with van der Waals surface area (Å²) >= 11 is 0. The molecule has 1 aliphatic rings. The number of amides is 2. The van der Waals surface area contributed by atoms with Crippen molar-refractivity contribution in [2.45, 2.75) is 32.1 Å². The van der Waals surface area contributed by atoms with Crippen molar-refractivity contribution in [2.75, 3.05) is 0 Å². The Morgan fingerprint density at radius 2 is 1.71 bits per heavy atom. The van der Waals surface area contributed by atoms with Crippen molar-refractivity contribution in [2.24, 2.45) is 11.8 Å². The Kier molecular flexibility index (Phi) is 5.49. The molecule has 5 nitrogen and oxygen atoms in total. The quantitative estimate of drug-likeness (QED) is 0.399. The van der Waals surface area contributed by atoms with Gasteiger partial charge >= 0.3 is 6.09 Å². The second-order valence-corrected chi connectivity index (χ2v) is 3.33. The highest BCUT2D eigenvalue weighted by Crippen LogP contribution is 2.24. The maximum Gasteiger partial charge on any atom is 0.428 e. The van der Waals surface area contributed by atoms with Crippen molar-refractivity contribution in [1.29, 1.82) is 0 Å². The van der Waals surface area contributed by atoms with E-state index in [-0.39, 0.29) is 18.3 Å². The van der Waals surface area contributed by atoms with E-state index < -0.39 is 12.0 Å². The van der Waals surface area contributed by atoms with Crippen LogP contribution in [-0.2, 0) is 4.79 Å². The molecule has 3 N–H and O–H groups in total. The van der Waals surface area contributed by atoms with Crippen LogP contribution in [0.5, 0.6) is 0 Å². The second-order valence-electron chi connectivity index (χ2n) is 3.33. The number of carboxylic acid groups (broad SMARTS) is 1. The molecule has 0 aliphatic heterocycles. The van der Waals surface area contributed by atoms with Crippen molar-refractivity contribution in [3.8, 4) is 0 Å². The van der Waals surface area contributed by atoms with Crippen LogP contribution in [0.15, 0.2) is 0 Å². The summed E-state index contributed by atoms with van der Waals surface area (Å²) in [6.07, 6.45) is 3.25. The molecule has 0 aromatic rings. The molecule has 1 aliphatic carbocycles. The summed E-state index contributed by atoms with van der Waals surface area (Å²) < 4.78 is 0. The SMILES string of the molecule is Cl.NN(C(=O)O)C(=O)C1CCCCC1. The monoisotopic (exact) mass is 222 g/mol. The van der Waals surface area contributed by atoms with Crippen LogP contribution >= 0.6 is 12.4 Å². The van der Waals surface area contributed by atoms with Crippen molar-refractivity contribution in [3.63, 3.8) is 0 Å². The van der Waals surface area contributed by atoms with Gasteiger partial charge in [-0.05, 0) is 12.8 Å². The van der Waals surface area contributed by atoms with E-state index in [2.05, 4.69) is 0 Å². The zero-order valence-corrected chi connectivity index (χ0v) is 8.63. The van der Waals surface area contributed by atoms with Crippen LogP contribution in [0.1, 0.15) is 32.1 Å². The molecule has 6 heteroatoms. The largest absolute Gasteiger partial charge is 0.464 e. The van der Waals surface area contributed by atoms with Crippen molar-refractivity contribution in [1.82, 2.24) is 5.01 Å². The Bertz CT molecular complexity index is 217. The van der Waals surface area contributed by atoms with E-state index in [1.165, 1.54) is 0 Å². The zero-order chi connectivity index (χ0) is 9.84. The number of imide groups is 1. The van der Waals surface area contributed by atoms with Crippen LogP contribution in [0.25, 0.3) is 0 Å². The third-order valence-electron chi connectivity index (χ3n) is 2.40. The highest BCUT2D eigenvalue weighted by Gasteiger charge is 2.27. The molecule has 0 saturated heterocycles. The minimum absolute atomic E-state index is 0. The van der Waals surface area contributed by atoms with E-state index in [1.54, 1.807) is 0 Å². The lowest BCUT2D eigenvalue weighted by molar-refractivity contribution is -0.134. The van der Waals surface area contributed by atoms with Gasteiger partial charge in [-0.1, -0.05) is 19.3 Å². The first kappa shape index (κ1) is 13.2. The molecule has 2 amide bonds. The minimum atomic E-state index is -1.38. The molecule has 1 saturated carbocycles. The number of halogens is 1. The number of rotatable bonds is 1. The molecule has 1 rings (SSSR count). The molecule has 0 bridgehead atoms. The van der Waals surface area contributed by atoms with Crippen LogP contribution in [-0.4, -0.2) is 22.1 Å². The molecule has 0 spiro atoms. The molecule has 0 unspecified atom stereocenters. The number of nitrogens with zero attached hydrogens (tertiary/aromatic N) is 1. The topological polar surface area (TPSA) is 83.6 Å². The van der Waals surface area contributed by atoms with Gasteiger partial charge in [-0.2, -0.15) is 5.01 Å². The predicted octanol–water partition coefficient (Wildman–Crippen LogP) is 1.37. The number of hydrazine groups is 1. The first-order chi connectivity index (χ1) is 6.13.